The zero-order valence-electron chi connectivity index (χ0n) is 31.1. The molecule has 0 aromatic heterocycles. The van der Waals surface area contributed by atoms with Crippen molar-refractivity contribution < 1.29 is 62.3 Å². The Morgan fingerprint density at radius 3 is 1.87 bits per heavy atom. The highest BCUT2D eigenvalue weighted by atomic mass is 16.6. The molecule has 0 fully saturated rings. The Bertz CT molecular complexity index is 1660. The van der Waals surface area contributed by atoms with Crippen molar-refractivity contribution in [2.45, 2.75) is 106 Å². The summed E-state index contributed by atoms with van der Waals surface area (Å²) < 4.78 is 34.5. The van der Waals surface area contributed by atoms with Crippen molar-refractivity contribution in [3.63, 3.8) is 0 Å². The van der Waals surface area contributed by atoms with E-state index in [0.717, 1.165) is 13.8 Å². The van der Waals surface area contributed by atoms with Gasteiger partial charge in [0, 0.05) is 64.2 Å². The smallest absolute Gasteiger partial charge is 0.331 e. The van der Waals surface area contributed by atoms with Crippen LogP contribution in [0.2, 0.25) is 0 Å². The number of fused-ring (bicyclic) bond motifs is 2. The number of benzene rings is 1. The molecule has 13 heteroatoms. The van der Waals surface area contributed by atoms with Gasteiger partial charge in [-0.1, -0.05) is 44.2 Å². The number of aliphatic hydroxyl groups is 1. The van der Waals surface area contributed by atoms with Gasteiger partial charge in [0.1, 0.15) is 24.9 Å². The van der Waals surface area contributed by atoms with Crippen molar-refractivity contribution in [1.29, 1.82) is 0 Å². The van der Waals surface area contributed by atoms with Crippen LogP contribution < -0.4 is 0 Å². The van der Waals surface area contributed by atoms with Crippen molar-refractivity contribution in [3.8, 4) is 0 Å². The number of hydrogen-bond donors (Lipinski definition) is 1. The fourth-order valence-corrected chi connectivity index (χ4v) is 6.75. The molecule has 0 saturated carbocycles. The fourth-order valence-electron chi connectivity index (χ4n) is 6.75. The SMILES string of the molecule is CC(=O)OCC1=C[C@H](O)[C@@H]2C[C@H](OC(C)=O)C(C)=C([C@@H](OC(C)=O)/C(OC(C)=O)=C(\C)[C@@H](OC(C)=O)C[C@@H]1OC(=O)/C=C/c1ccccc1)C2(C)C. The first-order valence-corrected chi connectivity index (χ1v) is 16.9. The third-order valence-corrected chi connectivity index (χ3v) is 9.07. The zero-order chi connectivity index (χ0) is 38.9. The molecule has 1 N–H and O–H groups in total. The van der Waals surface area contributed by atoms with Crippen LogP contribution in [-0.4, -0.2) is 78.0 Å². The van der Waals surface area contributed by atoms with Crippen LogP contribution >= 0.6 is 0 Å². The van der Waals surface area contributed by atoms with E-state index in [1.807, 2.05) is 6.07 Å². The topological polar surface area (TPSA) is 178 Å². The van der Waals surface area contributed by atoms with E-state index in [9.17, 15) is 33.9 Å². The minimum Gasteiger partial charge on any atom is -0.461 e. The third-order valence-electron chi connectivity index (χ3n) is 9.07. The second kappa shape index (κ2) is 17.9. The maximum absolute atomic E-state index is 13.4. The standard InChI is InChI=1S/C39H48O13/c1-21-32(48-24(4)41)18-30-31(45)17-29(20-47-23(3)40)34(52-35(46)16-15-28-13-11-10-12-14-28)19-33(49-25(5)42)22(2)37(50-26(6)43)38(51-27(7)44)36(21)39(30,8)9/h10-17,30-34,38,45H,18-20H2,1-9H3/b16-15+,29-17?,37-22-/t30-,31-,32-,33-,34-,38+/m0/s1. The first kappa shape index (κ1) is 41.4. The molecule has 0 heterocycles. The number of aliphatic hydroxyl groups excluding tert-OH is 1. The summed E-state index contributed by atoms with van der Waals surface area (Å²) in [6.07, 6.45) is -2.31. The molecule has 282 valence electrons. The van der Waals surface area contributed by atoms with Gasteiger partial charge in [-0.15, -0.1) is 0 Å². The van der Waals surface area contributed by atoms with Crippen molar-refractivity contribution in [2.75, 3.05) is 6.61 Å². The number of esters is 6. The van der Waals surface area contributed by atoms with Crippen molar-refractivity contribution in [3.05, 3.63) is 76.1 Å². The second-order valence-corrected chi connectivity index (χ2v) is 13.4. The Morgan fingerprint density at radius 2 is 1.33 bits per heavy atom. The van der Waals surface area contributed by atoms with Gasteiger partial charge < -0.3 is 33.5 Å². The Labute approximate surface area is 303 Å². The summed E-state index contributed by atoms with van der Waals surface area (Å²) in [6, 6.07) is 8.97. The number of hydrogen-bond acceptors (Lipinski definition) is 13. The highest BCUT2D eigenvalue weighted by Crippen LogP contribution is 2.51. The molecule has 2 aliphatic carbocycles. The van der Waals surface area contributed by atoms with Crippen LogP contribution in [0.4, 0.5) is 0 Å². The molecule has 6 atom stereocenters. The number of rotatable bonds is 9. The van der Waals surface area contributed by atoms with Gasteiger partial charge in [0.2, 0.25) is 0 Å². The lowest BCUT2D eigenvalue weighted by Crippen LogP contribution is -2.48. The maximum Gasteiger partial charge on any atom is 0.331 e. The Hall–Kier alpha value is -5.04. The second-order valence-electron chi connectivity index (χ2n) is 13.4. The minimum absolute atomic E-state index is 0.110. The van der Waals surface area contributed by atoms with E-state index >= 15 is 0 Å². The quantitative estimate of drug-likeness (QED) is 0.158. The molecule has 2 aliphatic rings. The fraction of sp³-hybridized carbons (Fsp3) is 0.487. The lowest BCUT2D eigenvalue weighted by Gasteiger charge is -2.48. The van der Waals surface area contributed by atoms with Gasteiger partial charge in [0.05, 0.1) is 6.10 Å². The molecule has 0 spiro atoms. The van der Waals surface area contributed by atoms with Crippen LogP contribution in [0.15, 0.2) is 70.5 Å². The van der Waals surface area contributed by atoms with Gasteiger partial charge in [-0.05, 0) is 54.5 Å². The molecule has 1 aromatic rings. The van der Waals surface area contributed by atoms with Gasteiger partial charge in [0.15, 0.2) is 11.9 Å². The molecular formula is C39H48O13. The maximum atomic E-state index is 13.4. The van der Waals surface area contributed by atoms with Gasteiger partial charge >= 0.3 is 35.8 Å². The van der Waals surface area contributed by atoms with Gasteiger partial charge in [-0.25, -0.2) is 4.79 Å². The van der Waals surface area contributed by atoms with E-state index in [0.29, 0.717) is 16.7 Å². The monoisotopic (exact) mass is 724 g/mol. The van der Waals surface area contributed by atoms with E-state index in [1.165, 1.54) is 45.9 Å². The predicted octanol–water partition coefficient (Wildman–Crippen LogP) is 4.86. The Kier molecular flexibility index (Phi) is 14.3. The van der Waals surface area contributed by atoms with Crippen LogP contribution in [-0.2, 0) is 57.2 Å². The average Bonchev–Trinajstić information content (AvgIpc) is 3.03. The van der Waals surface area contributed by atoms with Gasteiger partial charge in [0.25, 0.3) is 0 Å². The Morgan fingerprint density at radius 1 is 0.750 bits per heavy atom. The summed E-state index contributed by atoms with van der Waals surface area (Å²) in [5, 5.41) is 12.0. The number of ether oxygens (including phenoxy) is 6. The van der Waals surface area contributed by atoms with E-state index in [1.54, 1.807) is 45.0 Å². The van der Waals surface area contributed by atoms with E-state index in [2.05, 4.69) is 0 Å². The third kappa shape index (κ3) is 11.0. The largest absolute Gasteiger partial charge is 0.461 e. The van der Waals surface area contributed by atoms with Crippen molar-refractivity contribution in [2.24, 2.45) is 11.3 Å². The highest BCUT2D eigenvalue weighted by Gasteiger charge is 2.50. The molecule has 0 saturated heterocycles. The summed E-state index contributed by atoms with van der Waals surface area (Å²) in [6.45, 7) is 12.3. The Balaban J connectivity index is 2.42. The van der Waals surface area contributed by atoms with E-state index in [4.69, 9.17) is 28.4 Å². The summed E-state index contributed by atoms with van der Waals surface area (Å²) in [4.78, 5) is 75.8. The summed E-state index contributed by atoms with van der Waals surface area (Å²) in [5.41, 5.74) is 0.806. The predicted molar refractivity (Wildman–Crippen MR) is 186 cm³/mol. The van der Waals surface area contributed by atoms with E-state index in [-0.39, 0.29) is 29.7 Å². The molecular weight excluding hydrogens is 676 g/mol. The first-order chi connectivity index (χ1) is 24.3. The minimum atomic E-state index is -1.42. The average molecular weight is 725 g/mol. The molecule has 13 nitrogen and oxygen atoms in total. The van der Waals surface area contributed by atoms with E-state index < -0.39 is 84.3 Å². The number of carbonyl (C=O) groups excluding carboxylic acids is 6. The summed E-state index contributed by atoms with van der Waals surface area (Å²) >= 11 is 0. The van der Waals surface area contributed by atoms with Crippen molar-refractivity contribution >= 4 is 41.9 Å². The first-order valence-electron chi connectivity index (χ1n) is 16.9. The lowest BCUT2D eigenvalue weighted by atomic mass is 9.60. The van der Waals surface area contributed by atoms with Crippen LogP contribution in [0.25, 0.3) is 6.08 Å². The number of carbonyl (C=O) groups is 6. The normalized spacial score (nSPS) is 26.2. The lowest BCUT2D eigenvalue weighted by molar-refractivity contribution is -0.152. The molecule has 0 amide bonds. The zero-order valence-corrected chi connectivity index (χ0v) is 31.1. The molecule has 0 aliphatic heterocycles. The molecule has 3 rings (SSSR count). The molecule has 0 unspecified atom stereocenters. The van der Waals surface area contributed by atoms with Gasteiger partial charge in [-0.2, -0.15) is 0 Å². The summed E-state index contributed by atoms with van der Waals surface area (Å²) in [7, 11) is 0. The van der Waals surface area contributed by atoms with Crippen LogP contribution in [0.1, 0.15) is 80.7 Å². The van der Waals surface area contributed by atoms with Crippen LogP contribution in [0.5, 0.6) is 0 Å². The van der Waals surface area contributed by atoms with Crippen molar-refractivity contribution in [1.82, 2.24) is 0 Å². The van der Waals surface area contributed by atoms with Gasteiger partial charge in [-0.3, -0.25) is 24.0 Å². The van der Waals surface area contributed by atoms with Crippen LogP contribution in [0.3, 0.4) is 0 Å². The van der Waals surface area contributed by atoms with Crippen LogP contribution in [0, 0.1) is 11.3 Å². The molecule has 0 radical (unpaired) electrons. The molecule has 52 heavy (non-hydrogen) atoms. The molecule has 1 aromatic carbocycles. The summed E-state index contributed by atoms with van der Waals surface area (Å²) in [5.74, 6) is -5.30. The highest BCUT2D eigenvalue weighted by molar-refractivity contribution is 5.87. The molecule has 2 bridgehead atoms.